The van der Waals surface area contributed by atoms with Crippen LogP contribution >= 0.6 is 22.7 Å². The summed E-state index contributed by atoms with van der Waals surface area (Å²) in [6, 6.07) is 1.90. The van der Waals surface area contributed by atoms with E-state index < -0.39 is 5.97 Å². The first-order valence-corrected chi connectivity index (χ1v) is 8.27. The van der Waals surface area contributed by atoms with Crippen LogP contribution in [0.4, 0.5) is 5.00 Å². The number of thiophene rings is 2. The Balaban J connectivity index is 2.32. The number of ether oxygens (including phenoxy) is 1. The van der Waals surface area contributed by atoms with Gasteiger partial charge < -0.3 is 10.1 Å². The number of aryl methyl sites for hydroxylation is 2. The molecule has 0 spiro atoms. The van der Waals surface area contributed by atoms with Crippen molar-refractivity contribution in [1.82, 2.24) is 0 Å². The molecule has 0 bridgehead atoms. The number of nitrogens with one attached hydrogen (secondary N) is 1. The first-order chi connectivity index (χ1) is 9.95. The summed E-state index contributed by atoms with van der Waals surface area (Å²) >= 11 is 2.79. The van der Waals surface area contributed by atoms with Crippen molar-refractivity contribution in [2.24, 2.45) is 0 Å². The molecule has 21 heavy (non-hydrogen) atoms. The molecule has 2 heterocycles. The van der Waals surface area contributed by atoms with Crippen molar-refractivity contribution in [3.05, 3.63) is 37.9 Å². The lowest BCUT2D eigenvalue weighted by atomic mass is 10.1. The summed E-state index contributed by atoms with van der Waals surface area (Å²) in [5, 5.41) is 5.28. The van der Waals surface area contributed by atoms with Crippen molar-refractivity contribution < 1.29 is 14.3 Å². The number of carbonyl (C=O) groups excluding carboxylic acids is 2. The van der Waals surface area contributed by atoms with Gasteiger partial charge >= 0.3 is 5.97 Å². The van der Waals surface area contributed by atoms with Crippen LogP contribution in [-0.4, -0.2) is 18.5 Å². The fourth-order valence-electron chi connectivity index (χ4n) is 1.93. The molecule has 0 aromatic carbocycles. The minimum atomic E-state index is -0.391. The van der Waals surface area contributed by atoms with Crippen LogP contribution in [0.15, 0.2) is 11.4 Å². The monoisotopic (exact) mass is 323 g/mol. The number of esters is 1. The van der Waals surface area contributed by atoms with Crippen LogP contribution in [-0.2, 0) is 4.74 Å². The van der Waals surface area contributed by atoms with Gasteiger partial charge in [-0.25, -0.2) is 4.79 Å². The standard InChI is InChI=1S/C15H17NO3S2/c1-5-19-15(18)11-9(3)10(4)21-14(11)16-13(17)12-8(2)6-7-20-12/h6-7H,5H2,1-4H3,(H,16,17). The maximum absolute atomic E-state index is 12.3. The average molecular weight is 323 g/mol. The van der Waals surface area contributed by atoms with Crippen molar-refractivity contribution in [2.45, 2.75) is 27.7 Å². The van der Waals surface area contributed by atoms with E-state index in [4.69, 9.17) is 4.74 Å². The Morgan fingerprint density at radius 2 is 2.00 bits per heavy atom. The topological polar surface area (TPSA) is 55.4 Å². The van der Waals surface area contributed by atoms with Gasteiger partial charge in [0.1, 0.15) is 5.00 Å². The van der Waals surface area contributed by atoms with E-state index in [0.717, 1.165) is 16.0 Å². The Hall–Kier alpha value is -1.66. The first-order valence-electron chi connectivity index (χ1n) is 6.58. The van der Waals surface area contributed by atoms with Gasteiger partial charge in [0.05, 0.1) is 17.0 Å². The summed E-state index contributed by atoms with van der Waals surface area (Å²) in [4.78, 5) is 26.0. The molecule has 2 aromatic rings. The molecule has 0 saturated carbocycles. The second kappa shape index (κ2) is 6.41. The minimum Gasteiger partial charge on any atom is -0.462 e. The van der Waals surface area contributed by atoms with Gasteiger partial charge in [-0.05, 0) is 50.3 Å². The van der Waals surface area contributed by atoms with E-state index >= 15 is 0 Å². The predicted octanol–water partition coefficient (Wildman–Crippen LogP) is 4.16. The normalized spacial score (nSPS) is 10.5. The second-order valence-electron chi connectivity index (χ2n) is 4.59. The highest BCUT2D eigenvalue weighted by Gasteiger charge is 2.23. The zero-order valence-electron chi connectivity index (χ0n) is 12.4. The molecule has 0 saturated heterocycles. The maximum Gasteiger partial charge on any atom is 0.341 e. The van der Waals surface area contributed by atoms with Gasteiger partial charge in [0, 0.05) is 4.88 Å². The minimum absolute atomic E-state index is 0.186. The number of hydrogen-bond donors (Lipinski definition) is 1. The van der Waals surface area contributed by atoms with E-state index in [1.54, 1.807) is 6.92 Å². The van der Waals surface area contributed by atoms with E-state index in [1.807, 2.05) is 32.2 Å². The number of hydrogen-bond acceptors (Lipinski definition) is 5. The molecular formula is C15H17NO3S2. The van der Waals surface area contributed by atoms with Crippen LogP contribution in [0.3, 0.4) is 0 Å². The van der Waals surface area contributed by atoms with Gasteiger partial charge in [-0.15, -0.1) is 22.7 Å². The lowest BCUT2D eigenvalue weighted by Gasteiger charge is -2.06. The average Bonchev–Trinajstić information content (AvgIpc) is 2.95. The zero-order chi connectivity index (χ0) is 15.6. The molecule has 6 heteroatoms. The van der Waals surface area contributed by atoms with Crippen LogP contribution in [0.25, 0.3) is 0 Å². The number of anilines is 1. The SMILES string of the molecule is CCOC(=O)c1c(NC(=O)c2sccc2C)sc(C)c1C. The first kappa shape index (κ1) is 15.7. The molecule has 1 N–H and O–H groups in total. The summed E-state index contributed by atoms with van der Waals surface area (Å²) in [6.45, 7) is 7.76. The molecule has 0 aliphatic carbocycles. The van der Waals surface area contributed by atoms with Crippen LogP contribution in [0, 0.1) is 20.8 Å². The van der Waals surface area contributed by atoms with Gasteiger partial charge in [0.25, 0.3) is 5.91 Å². The quantitative estimate of drug-likeness (QED) is 0.859. The Labute approximate surface area is 131 Å². The fourth-order valence-corrected chi connectivity index (χ4v) is 3.79. The van der Waals surface area contributed by atoms with Gasteiger partial charge in [-0.1, -0.05) is 0 Å². The van der Waals surface area contributed by atoms with Crippen molar-refractivity contribution in [2.75, 3.05) is 11.9 Å². The maximum atomic E-state index is 12.3. The Bertz CT molecular complexity index is 685. The molecule has 0 fully saturated rings. The summed E-state index contributed by atoms with van der Waals surface area (Å²) in [7, 11) is 0. The van der Waals surface area contributed by atoms with E-state index in [2.05, 4.69) is 5.32 Å². The molecule has 0 radical (unpaired) electrons. The zero-order valence-corrected chi connectivity index (χ0v) is 14.0. The van der Waals surface area contributed by atoms with E-state index in [1.165, 1.54) is 22.7 Å². The smallest absolute Gasteiger partial charge is 0.341 e. The molecule has 1 amide bonds. The van der Waals surface area contributed by atoms with Gasteiger partial charge in [0.15, 0.2) is 0 Å². The molecular weight excluding hydrogens is 306 g/mol. The summed E-state index contributed by atoms with van der Waals surface area (Å²) in [5.74, 6) is -0.577. The molecule has 112 valence electrons. The van der Waals surface area contributed by atoms with E-state index in [0.29, 0.717) is 22.0 Å². The lowest BCUT2D eigenvalue weighted by molar-refractivity contribution is 0.0527. The van der Waals surface area contributed by atoms with Crippen molar-refractivity contribution in [3.63, 3.8) is 0 Å². The fraction of sp³-hybridized carbons (Fsp3) is 0.333. The summed E-state index contributed by atoms with van der Waals surface area (Å²) in [6.07, 6.45) is 0. The Morgan fingerprint density at radius 3 is 2.57 bits per heavy atom. The Kier molecular flexibility index (Phi) is 4.80. The van der Waals surface area contributed by atoms with Crippen LogP contribution in [0.2, 0.25) is 0 Å². The van der Waals surface area contributed by atoms with E-state index in [9.17, 15) is 9.59 Å². The third kappa shape index (κ3) is 3.16. The highest BCUT2D eigenvalue weighted by molar-refractivity contribution is 7.17. The van der Waals surface area contributed by atoms with Crippen LogP contribution in [0.1, 0.15) is 43.0 Å². The lowest BCUT2D eigenvalue weighted by Crippen LogP contribution is -2.14. The largest absolute Gasteiger partial charge is 0.462 e. The van der Waals surface area contributed by atoms with Crippen molar-refractivity contribution in [1.29, 1.82) is 0 Å². The van der Waals surface area contributed by atoms with Crippen molar-refractivity contribution >= 4 is 39.6 Å². The highest BCUT2D eigenvalue weighted by Crippen LogP contribution is 2.33. The number of amides is 1. The summed E-state index contributed by atoms with van der Waals surface area (Å²) in [5.41, 5.74) is 2.25. The van der Waals surface area contributed by atoms with Gasteiger partial charge in [-0.3, -0.25) is 4.79 Å². The predicted molar refractivity (Wildman–Crippen MR) is 86.8 cm³/mol. The molecule has 4 nitrogen and oxygen atoms in total. The van der Waals surface area contributed by atoms with Crippen molar-refractivity contribution in [3.8, 4) is 0 Å². The molecule has 0 aliphatic heterocycles. The van der Waals surface area contributed by atoms with E-state index in [-0.39, 0.29) is 5.91 Å². The second-order valence-corrected chi connectivity index (χ2v) is 6.74. The third-order valence-corrected chi connectivity index (χ3v) is 5.30. The molecule has 0 unspecified atom stereocenters. The molecule has 2 aromatic heterocycles. The molecule has 0 aliphatic rings. The number of carbonyl (C=O) groups is 2. The highest BCUT2D eigenvalue weighted by atomic mass is 32.1. The van der Waals surface area contributed by atoms with Gasteiger partial charge in [-0.2, -0.15) is 0 Å². The third-order valence-electron chi connectivity index (χ3n) is 3.16. The molecule has 0 atom stereocenters. The van der Waals surface area contributed by atoms with Gasteiger partial charge in [0.2, 0.25) is 0 Å². The van der Waals surface area contributed by atoms with Crippen LogP contribution in [0.5, 0.6) is 0 Å². The molecule has 2 rings (SSSR count). The van der Waals surface area contributed by atoms with Crippen LogP contribution < -0.4 is 5.32 Å². The Morgan fingerprint density at radius 1 is 1.29 bits per heavy atom. The number of rotatable bonds is 4. The summed E-state index contributed by atoms with van der Waals surface area (Å²) < 4.78 is 5.08.